The van der Waals surface area contributed by atoms with Gasteiger partial charge in [-0.25, -0.2) is 4.57 Å². The Morgan fingerprint density at radius 3 is 2.30 bits per heavy atom. The fraction of sp³-hybridized carbons (Fsp3) is 0.130. The molecule has 0 fully saturated rings. The van der Waals surface area contributed by atoms with Crippen molar-refractivity contribution >= 4 is 0 Å². The standard InChI is InChI=1S/C23H20N2O2/c1-17-10-12-18(13-11-17)20(16-25-14-6-3-7-15-25)21-22(24-27-23(21)26)19-8-4-2-5-9-19/h2-15,20H,16H2,1H3. The lowest BCUT2D eigenvalue weighted by Gasteiger charge is -2.17. The minimum atomic E-state index is -0.379. The number of hydrogen-bond acceptors (Lipinski definition) is 3. The van der Waals surface area contributed by atoms with Gasteiger partial charge in [0.05, 0.1) is 17.6 Å². The fourth-order valence-electron chi connectivity index (χ4n) is 3.32. The molecule has 4 rings (SSSR count). The molecule has 0 radical (unpaired) electrons. The summed E-state index contributed by atoms with van der Waals surface area (Å²) in [5.41, 5.74) is 4.34. The molecule has 2 heterocycles. The molecule has 0 aliphatic heterocycles. The van der Waals surface area contributed by atoms with Gasteiger partial charge >= 0.3 is 0 Å². The fourth-order valence-corrected chi connectivity index (χ4v) is 3.32. The summed E-state index contributed by atoms with van der Waals surface area (Å²) < 4.78 is 7.17. The summed E-state index contributed by atoms with van der Waals surface area (Å²) in [6, 6.07) is 23.9. The predicted molar refractivity (Wildman–Crippen MR) is 101 cm³/mol. The normalized spacial score (nSPS) is 12.0. The summed E-state index contributed by atoms with van der Waals surface area (Å²) in [5.74, 6) is -0.539. The van der Waals surface area contributed by atoms with Crippen LogP contribution in [0.15, 0.2) is 89.7 Å². The molecule has 0 saturated heterocycles. The molecule has 4 aromatic rings. The van der Waals surface area contributed by atoms with Crippen LogP contribution in [0.2, 0.25) is 0 Å². The van der Waals surface area contributed by atoms with Crippen LogP contribution in [0.5, 0.6) is 5.95 Å². The zero-order valence-electron chi connectivity index (χ0n) is 15.1. The quantitative estimate of drug-likeness (QED) is 0.511. The van der Waals surface area contributed by atoms with Gasteiger partial charge in [-0.05, 0) is 12.5 Å². The van der Waals surface area contributed by atoms with Gasteiger partial charge in [0, 0.05) is 23.3 Å². The molecule has 0 amide bonds. The Hall–Kier alpha value is -3.40. The molecule has 2 aromatic heterocycles. The maximum absolute atomic E-state index is 12.6. The monoisotopic (exact) mass is 356 g/mol. The van der Waals surface area contributed by atoms with Gasteiger partial charge in [-0.2, -0.15) is 5.16 Å². The zero-order chi connectivity index (χ0) is 18.6. The van der Waals surface area contributed by atoms with Crippen molar-refractivity contribution in [2.24, 2.45) is 0 Å². The first-order valence-corrected chi connectivity index (χ1v) is 8.95. The Bertz CT molecular complexity index is 1010. The van der Waals surface area contributed by atoms with E-state index in [1.807, 2.05) is 60.9 Å². The van der Waals surface area contributed by atoms with Crippen LogP contribution in [0.1, 0.15) is 22.6 Å². The molecule has 0 aliphatic carbocycles. The number of aromatic nitrogens is 2. The van der Waals surface area contributed by atoms with E-state index in [0.717, 1.165) is 11.1 Å². The van der Waals surface area contributed by atoms with Crippen molar-refractivity contribution in [3.63, 3.8) is 0 Å². The average molecular weight is 356 g/mol. The molecule has 4 heteroatoms. The third kappa shape index (κ3) is 3.60. The second kappa shape index (κ2) is 7.46. The SMILES string of the molecule is Cc1ccc(C(C[n+]2ccccc2)c2c(-c3ccccc3)noc2[O-])cc1. The topological polar surface area (TPSA) is 53.0 Å². The van der Waals surface area contributed by atoms with Gasteiger partial charge in [-0.15, -0.1) is 0 Å². The van der Waals surface area contributed by atoms with Crippen molar-refractivity contribution in [2.45, 2.75) is 19.4 Å². The third-order valence-electron chi connectivity index (χ3n) is 4.74. The van der Waals surface area contributed by atoms with E-state index >= 15 is 0 Å². The second-order valence-corrected chi connectivity index (χ2v) is 6.63. The Kier molecular flexibility index (Phi) is 4.71. The summed E-state index contributed by atoms with van der Waals surface area (Å²) in [6.07, 6.45) is 4.00. The molecule has 0 bridgehead atoms. The molecule has 0 aliphatic rings. The summed E-state index contributed by atoms with van der Waals surface area (Å²) in [4.78, 5) is 0. The number of aryl methyl sites for hydroxylation is 1. The van der Waals surface area contributed by atoms with E-state index in [-0.39, 0.29) is 11.9 Å². The molecular weight excluding hydrogens is 336 g/mol. The molecule has 0 saturated carbocycles. The smallest absolute Gasteiger partial charge is 0.168 e. The lowest BCUT2D eigenvalue weighted by atomic mass is 9.89. The molecule has 4 nitrogen and oxygen atoms in total. The van der Waals surface area contributed by atoms with Crippen LogP contribution < -0.4 is 9.67 Å². The van der Waals surface area contributed by atoms with E-state index < -0.39 is 0 Å². The number of benzene rings is 2. The number of rotatable bonds is 5. The first-order valence-electron chi connectivity index (χ1n) is 8.95. The van der Waals surface area contributed by atoms with Gasteiger partial charge in [-0.3, -0.25) is 0 Å². The molecular formula is C23H20N2O2. The summed E-state index contributed by atoms with van der Waals surface area (Å²) in [7, 11) is 0. The maximum Gasteiger partial charge on any atom is 0.168 e. The molecule has 1 unspecified atom stereocenters. The molecule has 134 valence electrons. The van der Waals surface area contributed by atoms with Gasteiger partial charge in [-0.1, -0.05) is 66.2 Å². The van der Waals surface area contributed by atoms with Crippen molar-refractivity contribution in [1.82, 2.24) is 5.16 Å². The first-order chi connectivity index (χ1) is 13.2. The summed E-state index contributed by atoms with van der Waals surface area (Å²) in [6.45, 7) is 2.68. The Balaban J connectivity index is 1.84. The first kappa shape index (κ1) is 17.0. The lowest BCUT2D eigenvalue weighted by molar-refractivity contribution is -0.698. The van der Waals surface area contributed by atoms with Crippen molar-refractivity contribution in [1.29, 1.82) is 0 Å². The minimum Gasteiger partial charge on any atom is -0.544 e. The highest BCUT2D eigenvalue weighted by Gasteiger charge is 2.26. The van der Waals surface area contributed by atoms with Crippen molar-refractivity contribution < 1.29 is 14.2 Å². The van der Waals surface area contributed by atoms with Gasteiger partial charge in [0.1, 0.15) is 0 Å². The second-order valence-electron chi connectivity index (χ2n) is 6.63. The highest BCUT2D eigenvalue weighted by Crippen LogP contribution is 2.38. The molecule has 0 spiro atoms. The van der Waals surface area contributed by atoms with Crippen molar-refractivity contribution in [2.75, 3.05) is 0 Å². The van der Waals surface area contributed by atoms with Gasteiger partial charge < -0.3 is 9.63 Å². The molecule has 0 N–H and O–H groups in total. The Labute approximate surface area is 158 Å². The number of hydrogen-bond donors (Lipinski definition) is 0. The molecule has 1 atom stereocenters. The van der Waals surface area contributed by atoms with Crippen LogP contribution in [-0.2, 0) is 6.54 Å². The average Bonchev–Trinajstić information content (AvgIpc) is 3.10. The largest absolute Gasteiger partial charge is 0.544 e. The highest BCUT2D eigenvalue weighted by molar-refractivity contribution is 5.66. The van der Waals surface area contributed by atoms with E-state index in [9.17, 15) is 5.11 Å². The van der Waals surface area contributed by atoms with E-state index in [0.29, 0.717) is 17.8 Å². The molecule has 27 heavy (non-hydrogen) atoms. The van der Waals surface area contributed by atoms with Crippen molar-refractivity contribution in [3.8, 4) is 17.2 Å². The highest BCUT2D eigenvalue weighted by atomic mass is 16.5. The minimum absolute atomic E-state index is 0.160. The Morgan fingerprint density at radius 2 is 1.59 bits per heavy atom. The van der Waals surface area contributed by atoms with Crippen LogP contribution in [0.3, 0.4) is 0 Å². The van der Waals surface area contributed by atoms with Crippen LogP contribution in [0, 0.1) is 6.92 Å². The number of pyridine rings is 1. The van der Waals surface area contributed by atoms with E-state index in [1.54, 1.807) is 0 Å². The van der Waals surface area contributed by atoms with Crippen LogP contribution in [-0.4, -0.2) is 5.16 Å². The third-order valence-corrected chi connectivity index (χ3v) is 4.74. The number of nitrogens with zero attached hydrogens (tertiary/aromatic N) is 2. The van der Waals surface area contributed by atoms with Gasteiger partial charge in [0.2, 0.25) is 0 Å². The van der Waals surface area contributed by atoms with E-state index in [1.165, 1.54) is 5.56 Å². The molecule has 2 aromatic carbocycles. The van der Waals surface area contributed by atoms with Gasteiger partial charge in [0.25, 0.3) is 0 Å². The van der Waals surface area contributed by atoms with Crippen molar-refractivity contribution in [3.05, 3.63) is 102 Å². The van der Waals surface area contributed by atoms with Gasteiger partial charge in [0.15, 0.2) is 18.9 Å². The Morgan fingerprint density at radius 1 is 0.926 bits per heavy atom. The van der Waals surface area contributed by atoms with E-state index in [4.69, 9.17) is 4.52 Å². The summed E-state index contributed by atoms with van der Waals surface area (Å²) in [5, 5.41) is 16.7. The van der Waals surface area contributed by atoms with Crippen LogP contribution in [0.25, 0.3) is 11.3 Å². The summed E-state index contributed by atoms with van der Waals surface area (Å²) >= 11 is 0. The lowest BCUT2D eigenvalue weighted by Crippen LogP contribution is -2.36. The van der Waals surface area contributed by atoms with E-state index in [2.05, 4.69) is 40.9 Å². The zero-order valence-corrected chi connectivity index (χ0v) is 15.1. The predicted octanol–water partition coefficient (Wildman–Crippen LogP) is 3.84. The van der Waals surface area contributed by atoms with Crippen LogP contribution >= 0.6 is 0 Å². The maximum atomic E-state index is 12.6. The van der Waals surface area contributed by atoms with Crippen LogP contribution in [0.4, 0.5) is 0 Å².